The number of hydrogen-bond donors (Lipinski definition) is 2. The number of nitrogens with one attached hydrogen (secondary N) is 2. The molecule has 0 aromatic heterocycles. The Morgan fingerprint density at radius 3 is 1.60 bits per heavy atom. The van der Waals surface area contributed by atoms with Crippen LogP contribution in [0.25, 0.3) is 12.2 Å². The van der Waals surface area contributed by atoms with Crippen molar-refractivity contribution in [1.29, 1.82) is 0 Å². The number of benzene rings is 3. The predicted molar refractivity (Wildman–Crippen MR) is 186 cm³/mol. The molecule has 2 N–H and O–H groups in total. The van der Waals surface area contributed by atoms with Gasteiger partial charge < -0.3 is 25.3 Å². The maximum absolute atomic E-state index is 13.2. The van der Waals surface area contributed by atoms with Crippen LogP contribution in [0.4, 0.5) is 17.1 Å². The van der Waals surface area contributed by atoms with Crippen molar-refractivity contribution in [3.8, 4) is 0 Å². The zero-order chi connectivity index (χ0) is 32.9. The fourth-order valence-electron chi connectivity index (χ4n) is 6.54. The Morgan fingerprint density at radius 2 is 1.13 bits per heavy atom. The van der Waals surface area contributed by atoms with Crippen molar-refractivity contribution in [2.75, 3.05) is 42.7 Å². The fourth-order valence-corrected chi connectivity index (χ4v) is 6.54. The molecule has 2 saturated heterocycles. The second kappa shape index (κ2) is 14.2. The molecule has 9 heteroatoms. The summed E-state index contributed by atoms with van der Waals surface area (Å²) in [5.41, 5.74) is 4.93. The Balaban J connectivity index is 1.000. The first kappa shape index (κ1) is 32.0. The number of likely N-dealkylation sites (tertiary alicyclic amines) is 2. The molecule has 47 heavy (non-hydrogen) atoms. The van der Waals surface area contributed by atoms with Crippen LogP contribution in [0.15, 0.2) is 72.8 Å². The van der Waals surface area contributed by atoms with Gasteiger partial charge in [-0.1, -0.05) is 42.8 Å². The summed E-state index contributed by atoms with van der Waals surface area (Å²) in [5.74, 6) is -0.184. The number of carbonyl (C=O) groups is 4. The van der Waals surface area contributed by atoms with Gasteiger partial charge in [-0.2, -0.15) is 0 Å². The van der Waals surface area contributed by atoms with Crippen LogP contribution in [0.3, 0.4) is 0 Å². The lowest BCUT2D eigenvalue weighted by Crippen LogP contribution is -2.46. The smallest absolute Gasteiger partial charge is 0.254 e. The minimum absolute atomic E-state index is 0.0990. The molecule has 0 spiro atoms. The summed E-state index contributed by atoms with van der Waals surface area (Å²) < 4.78 is 0. The van der Waals surface area contributed by atoms with Crippen molar-refractivity contribution in [2.45, 2.75) is 57.0 Å². The van der Waals surface area contributed by atoms with Crippen molar-refractivity contribution in [1.82, 2.24) is 9.80 Å². The van der Waals surface area contributed by atoms with Crippen LogP contribution < -0.4 is 15.5 Å². The van der Waals surface area contributed by atoms with E-state index in [1.165, 1.54) is 0 Å². The first-order valence-electron chi connectivity index (χ1n) is 16.7. The van der Waals surface area contributed by atoms with E-state index in [4.69, 9.17) is 0 Å². The lowest BCUT2D eigenvalue weighted by Gasteiger charge is -2.32. The lowest BCUT2D eigenvalue weighted by molar-refractivity contribution is -0.142. The normalized spacial score (nSPS) is 19.4. The summed E-state index contributed by atoms with van der Waals surface area (Å²) in [6.45, 7) is 1.22. The Labute approximate surface area is 276 Å². The van der Waals surface area contributed by atoms with Gasteiger partial charge in [0.2, 0.25) is 17.7 Å². The van der Waals surface area contributed by atoms with E-state index >= 15 is 0 Å². The molecule has 3 fully saturated rings. The van der Waals surface area contributed by atoms with Gasteiger partial charge in [-0.3, -0.25) is 19.2 Å². The van der Waals surface area contributed by atoms with E-state index in [9.17, 15) is 19.2 Å². The van der Waals surface area contributed by atoms with Gasteiger partial charge in [0.25, 0.3) is 5.91 Å². The van der Waals surface area contributed by atoms with Gasteiger partial charge in [-0.15, -0.1) is 0 Å². The Bertz CT molecular complexity index is 1630. The molecule has 2 aliphatic heterocycles. The highest BCUT2D eigenvalue weighted by molar-refractivity contribution is 6.02. The molecule has 9 nitrogen and oxygen atoms in total. The van der Waals surface area contributed by atoms with Gasteiger partial charge >= 0.3 is 0 Å². The summed E-state index contributed by atoms with van der Waals surface area (Å²) >= 11 is 0. The number of carbonyl (C=O) groups excluding carboxylic acids is 4. The summed E-state index contributed by atoms with van der Waals surface area (Å²) in [7, 11) is 3.91. The largest absolute Gasteiger partial charge is 0.378 e. The molecule has 244 valence electrons. The molecule has 2 heterocycles. The number of hydrogen-bond acceptors (Lipinski definition) is 5. The number of amides is 4. The summed E-state index contributed by atoms with van der Waals surface area (Å²) in [4.78, 5) is 57.6. The molecular weight excluding hydrogens is 590 g/mol. The summed E-state index contributed by atoms with van der Waals surface area (Å²) in [5, 5.41) is 5.98. The van der Waals surface area contributed by atoms with Crippen LogP contribution in [0, 0.1) is 5.92 Å². The molecule has 4 amide bonds. The van der Waals surface area contributed by atoms with E-state index in [0.717, 1.165) is 48.9 Å². The SMILES string of the molecule is CN(C)c1ccc(C(=O)N2CCC[C@H]2C(=O)Nc2ccc(C=Cc3ccc(NC(=O)[C@@H]4CCCN4C(=O)C4CCC4)cc3)cc2)cc1. The number of anilines is 3. The third-order valence-electron chi connectivity index (χ3n) is 9.56. The van der Waals surface area contributed by atoms with Crippen molar-refractivity contribution < 1.29 is 19.2 Å². The molecule has 3 aliphatic rings. The fraction of sp³-hybridized carbons (Fsp3) is 0.368. The summed E-state index contributed by atoms with van der Waals surface area (Å²) in [6, 6.07) is 21.8. The molecule has 0 bridgehead atoms. The molecule has 3 aromatic carbocycles. The van der Waals surface area contributed by atoms with Gasteiger partial charge in [0.15, 0.2) is 0 Å². The van der Waals surface area contributed by atoms with E-state index in [-0.39, 0.29) is 35.6 Å². The minimum Gasteiger partial charge on any atom is -0.378 e. The monoisotopic (exact) mass is 633 g/mol. The van der Waals surface area contributed by atoms with E-state index in [0.29, 0.717) is 42.9 Å². The third kappa shape index (κ3) is 7.40. The second-order valence-corrected chi connectivity index (χ2v) is 13.0. The second-order valence-electron chi connectivity index (χ2n) is 13.0. The lowest BCUT2D eigenvalue weighted by atomic mass is 9.84. The van der Waals surface area contributed by atoms with Crippen molar-refractivity contribution in [3.63, 3.8) is 0 Å². The van der Waals surface area contributed by atoms with Crippen LogP contribution >= 0.6 is 0 Å². The van der Waals surface area contributed by atoms with Crippen LogP contribution in [0.5, 0.6) is 0 Å². The zero-order valence-corrected chi connectivity index (χ0v) is 27.2. The standard InChI is InChI=1S/C38H43N5O4/c1-41(2)32-22-16-29(17-23-32)38(47)43-25-5-9-34(43)36(45)40-31-20-14-27(15-21-31)11-10-26-12-18-30(19-13-26)39-35(44)33-8-4-24-42(33)37(46)28-6-3-7-28/h10-23,28,33-34H,3-9,24-25H2,1-2H3,(H,39,44)(H,40,45)/t33-,34-/m0/s1. The third-order valence-corrected chi connectivity index (χ3v) is 9.56. The Kier molecular flexibility index (Phi) is 9.71. The summed E-state index contributed by atoms with van der Waals surface area (Å²) in [6.07, 6.45) is 9.95. The van der Waals surface area contributed by atoms with Gasteiger partial charge in [0.1, 0.15) is 12.1 Å². The average molecular weight is 634 g/mol. The van der Waals surface area contributed by atoms with E-state index < -0.39 is 6.04 Å². The molecule has 0 unspecified atom stereocenters. The van der Waals surface area contributed by atoms with Gasteiger partial charge in [0.05, 0.1) is 0 Å². The topological polar surface area (TPSA) is 102 Å². The van der Waals surface area contributed by atoms with Crippen LogP contribution in [-0.4, -0.2) is 72.7 Å². The Hall–Kier alpha value is -4.92. The highest BCUT2D eigenvalue weighted by Gasteiger charge is 2.39. The molecular formula is C38H43N5O4. The molecule has 0 radical (unpaired) electrons. The van der Waals surface area contributed by atoms with Crippen LogP contribution in [0.1, 0.15) is 66.4 Å². The van der Waals surface area contributed by atoms with Crippen molar-refractivity contribution >= 4 is 52.8 Å². The number of rotatable bonds is 9. The van der Waals surface area contributed by atoms with Crippen molar-refractivity contribution in [2.24, 2.45) is 5.92 Å². The quantitative estimate of drug-likeness (QED) is 0.286. The molecule has 1 aliphatic carbocycles. The predicted octanol–water partition coefficient (Wildman–Crippen LogP) is 5.90. The molecule has 3 aromatic rings. The van der Waals surface area contributed by atoms with Crippen LogP contribution in [-0.2, 0) is 14.4 Å². The molecule has 2 atom stereocenters. The first-order valence-corrected chi connectivity index (χ1v) is 16.7. The number of nitrogens with zero attached hydrogens (tertiary/aromatic N) is 3. The molecule has 6 rings (SSSR count). The van der Waals surface area contributed by atoms with Gasteiger partial charge in [-0.05, 0) is 98.2 Å². The average Bonchev–Trinajstić information content (AvgIpc) is 3.75. The highest BCUT2D eigenvalue weighted by atomic mass is 16.2. The maximum atomic E-state index is 13.2. The first-order chi connectivity index (χ1) is 22.8. The van der Waals surface area contributed by atoms with Crippen LogP contribution in [0.2, 0.25) is 0 Å². The van der Waals surface area contributed by atoms with E-state index in [2.05, 4.69) is 10.6 Å². The highest BCUT2D eigenvalue weighted by Crippen LogP contribution is 2.31. The van der Waals surface area contributed by atoms with Gasteiger partial charge in [-0.25, -0.2) is 0 Å². The maximum Gasteiger partial charge on any atom is 0.254 e. The van der Waals surface area contributed by atoms with Gasteiger partial charge in [0, 0.05) is 55.7 Å². The Morgan fingerprint density at radius 1 is 0.638 bits per heavy atom. The molecule has 1 saturated carbocycles. The van der Waals surface area contributed by atoms with Crippen molar-refractivity contribution in [3.05, 3.63) is 89.5 Å². The van der Waals surface area contributed by atoms with E-state index in [1.807, 2.05) is 104 Å². The minimum atomic E-state index is -0.504. The van der Waals surface area contributed by atoms with E-state index in [1.54, 1.807) is 9.80 Å². The zero-order valence-electron chi connectivity index (χ0n) is 27.2.